The highest BCUT2D eigenvalue weighted by Crippen LogP contribution is 2.11. The highest BCUT2D eigenvalue weighted by Gasteiger charge is 2.16. The molecule has 6 heteroatoms. The summed E-state index contributed by atoms with van der Waals surface area (Å²) in [5.41, 5.74) is 0. The van der Waals surface area contributed by atoms with Crippen molar-refractivity contribution in [3.63, 3.8) is 0 Å². The second kappa shape index (κ2) is 8.11. The van der Waals surface area contributed by atoms with E-state index in [0.717, 1.165) is 18.1 Å². The van der Waals surface area contributed by atoms with Gasteiger partial charge in [0, 0.05) is 36.6 Å². The third kappa shape index (κ3) is 5.38. The van der Waals surface area contributed by atoms with Crippen molar-refractivity contribution < 1.29 is 13.9 Å². The molecule has 0 aromatic heterocycles. The average molecular weight is 298 g/mol. The third-order valence-corrected chi connectivity index (χ3v) is 4.05. The van der Waals surface area contributed by atoms with Crippen LogP contribution in [0.5, 0.6) is 5.75 Å². The fourth-order valence-electron chi connectivity index (χ4n) is 1.96. The molecule has 1 aliphatic heterocycles. The Morgan fingerprint density at radius 1 is 1.55 bits per heavy atom. The molecule has 0 saturated carbocycles. The highest BCUT2D eigenvalue weighted by atomic mass is 32.2. The Balaban J connectivity index is 1.59. The molecule has 1 unspecified atom stereocenters. The van der Waals surface area contributed by atoms with Crippen LogP contribution in [0.25, 0.3) is 0 Å². The van der Waals surface area contributed by atoms with Crippen LogP contribution in [-0.2, 0) is 4.79 Å². The van der Waals surface area contributed by atoms with Gasteiger partial charge >= 0.3 is 0 Å². The van der Waals surface area contributed by atoms with Crippen molar-refractivity contribution in [1.82, 2.24) is 10.6 Å². The first-order chi connectivity index (χ1) is 9.74. The molecular formula is C14H19FN2O2S. The normalized spacial score (nSPS) is 18.6. The summed E-state index contributed by atoms with van der Waals surface area (Å²) in [6.45, 7) is 1.72. The Labute approximate surface area is 122 Å². The molecule has 20 heavy (non-hydrogen) atoms. The SMILES string of the molecule is O=C(CC1CSCCN1)NCCOc1cccc(F)c1. The Morgan fingerprint density at radius 3 is 3.20 bits per heavy atom. The zero-order valence-corrected chi connectivity index (χ0v) is 12.0. The van der Waals surface area contributed by atoms with Crippen LogP contribution < -0.4 is 15.4 Å². The van der Waals surface area contributed by atoms with E-state index in [9.17, 15) is 9.18 Å². The molecule has 0 spiro atoms. The van der Waals surface area contributed by atoms with Crippen LogP contribution in [0.3, 0.4) is 0 Å². The van der Waals surface area contributed by atoms with E-state index < -0.39 is 0 Å². The average Bonchev–Trinajstić information content (AvgIpc) is 2.45. The van der Waals surface area contributed by atoms with Crippen molar-refractivity contribution >= 4 is 17.7 Å². The number of amides is 1. The topological polar surface area (TPSA) is 50.4 Å². The van der Waals surface area contributed by atoms with Crippen LogP contribution in [0, 0.1) is 5.82 Å². The second-order valence-corrected chi connectivity index (χ2v) is 5.74. The van der Waals surface area contributed by atoms with Gasteiger partial charge < -0.3 is 15.4 Å². The number of carbonyl (C=O) groups is 1. The summed E-state index contributed by atoms with van der Waals surface area (Å²) in [7, 11) is 0. The third-order valence-electron chi connectivity index (χ3n) is 2.92. The lowest BCUT2D eigenvalue weighted by Gasteiger charge is -2.22. The largest absolute Gasteiger partial charge is 0.492 e. The molecule has 4 nitrogen and oxygen atoms in total. The summed E-state index contributed by atoms with van der Waals surface area (Å²) in [4.78, 5) is 11.7. The Morgan fingerprint density at radius 2 is 2.45 bits per heavy atom. The molecule has 110 valence electrons. The summed E-state index contributed by atoms with van der Waals surface area (Å²) in [6.07, 6.45) is 0.493. The van der Waals surface area contributed by atoms with E-state index >= 15 is 0 Å². The van der Waals surface area contributed by atoms with Crippen molar-refractivity contribution in [1.29, 1.82) is 0 Å². The number of thioether (sulfide) groups is 1. The summed E-state index contributed by atoms with van der Waals surface area (Å²) in [6, 6.07) is 6.23. The van der Waals surface area contributed by atoms with Gasteiger partial charge in [-0.25, -0.2) is 4.39 Å². The van der Waals surface area contributed by atoms with Gasteiger partial charge in [-0.05, 0) is 12.1 Å². The molecule has 1 fully saturated rings. The highest BCUT2D eigenvalue weighted by molar-refractivity contribution is 7.99. The van der Waals surface area contributed by atoms with Gasteiger partial charge in [0.25, 0.3) is 0 Å². The van der Waals surface area contributed by atoms with Crippen molar-refractivity contribution in [2.45, 2.75) is 12.5 Å². The number of ether oxygens (including phenoxy) is 1. The molecule has 1 aromatic rings. The molecule has 2 N–H and O–H groups in total. The number of hydrogen-bond donors (Lipinski definition) is 2. The molecule has 0 bridgehead atoms. The zero-order chi connectivity index (χ0) is 14.2. The minimum Gasteiger partial charge on any atom is -0.492 e. The monoisotopic (exact) mass is 298 g/mol. The van der Waals surface area contributed by atoms with Crippen molar-refractivity contribution in [2.24, 2.45) is 0 Å². The van der Waals surface area contributed by atoms with E-state index in [2.05, 4.69) is 10.6 Å². The number of carbonyl (C=O) groups excluding carboxylic acids is 1. The fraction of sp³-hybridized carbons (Fsp3) is 0.500. The first-order valence-corrected chi connectivity index (χ1v) is 7.86. The molecule has 1 atom stereocenters. The molecule has 1 saturated heterocycles. The summed E-state index contributed by atoms with van der Waals surface area (Å²) in [5, 5.41) is 6.13. The van der Waals surface area contributed by atoms with E-state index in [-0.39, 0.29) is 17.8 Å². The molecule has 2 rings (SSSR count). The van der Waals surface area contributed by atoms with E-state index in [1.54, 1.807) is 12.1 Å². The van der Waals surface area contributed by atoms with Gasteiger partial charge in [0.2, 0.25) is 5.91 Å². The molecule has 1 aromatic carbocycles. The lowest BCUT2D eigenvalue weighted by atomic mass is 10.2. The van der Waals surface area contributed by atoms with Gasteiger partial charge in [-0.1, -0.05) is 6.07 Å². The first-order valence-electron chi connectivity index (χ1n) is 6.70. The molecule has 1 aliphatic rings. The van der Waals surface area contributed by atoms with Crippen LogP contribution in [0.15, 0.2) is 24.3 Å². The number of rotatable bonds is 6. The van der Waals surface area contributed by atoms with Crippen LogP contribution in [0.1, 0.15) is 6.42 Å². The second-order valence-electron chi connectivity index (χ2n) is 4.59. The van der Waals surface area contributed by atoms with E-state index in [4.69, 9.17) is 4.74 Å². The number of nitrogens with one attached hydrogen (secondary N) is 2. The standard InChI is InChI=1S/C14H19FN2O2S/c15-11-2-1-3-13(8-11)19-6-4-17-14(18)9-12-10-20-7-5-16-12/h1-3,8,12,16H,4-7,9-10H2,(H,17,18). The van der Waals surface area contributed by atoms with Crippen molar-refractivity contribution in [2.75, 3.05) is 31.2 Å². The van der Waals surface area contributed by atoms with Crippen LogP contribution in [-0.4, -0.2) is 43.2 Å². The van der Waals surface area contributed by atoms with E-state index in [0.29, 0.717) is 25.3 Å². The van der Waals surface area contributed by atoms with Gasteiger partial charge in [0.15, 0.2) is 0 Å². The number of halogens is 1. The maximum atomic E-state index is 12.9. The maximum absolute atomic E-state index is 12.9. The van der Waals surface area contributed by atoms with E-state index in [1.165, 1.54) is 12.1 Å². The van der Waals surface area contributed by atoms with Crippen LogP contribution in [0.4, 0.5) is 4.39 Å². The van der Waals surface area contributed by atoms with Crippen LogP contribution >= 0.6 is 11.8 Å². The predicted molar refractivity (Wildman–Crippen MR) is 78.6 cm³/mol. The van der Waals surface area contributed by atoms with E-state index in [1.807, 2.05) is 11.8 Å². The molecular weight excluding hydrogens is 279 g/mol. The predicted octanol–water partition coefficient (Wildman–Crippen LogP) is 1.42. The summed E-state index contributed by atoms with van der Waals surface area (Å²) >= 11 is 1.87. The maximum Gasteiger partial charge on any atom is 0.221 e. The molecule has 0 aliphatic carbocycles. The van der Waals surface area contributed by atoms with Gasteiger partial charge in [-0.3, -0.25) is 4.79 Å². The lowest BCUT2D eigenvalue weighted by molar-refractivity contribution is -0.121. The summed E-state index contributed by atoms with van der Waals surface area (Å²) < 4.78 is 18.3. The van der Waals surface area contributed by atoms with Gasteiger partial charge in [0.1, 0.15) is 18.2 Å². The van der Waals surface area contributed by atoms with Gasteiger partial charge in [-0.2, -0.15) is 11.8 Å². The first kappa shape index (κ1) is 15.1. The molecule has 1 amide bonds. The minimum atomic E-state index is -0.326. The summed E-state index contributed by atoms with van der Waals surface area (Å²) in [5.74, 6) is 2.26. The quantitative estimate of drug-likeness (QED) is 0.780. The number of hydrogen-bond acceptors (Lipinski definition) is 4. The lowest BCUT2D eigenvalue weighted by Crippen LogP contribution is -2.41. The Bertz CT molecular complexity index is 439. The fourth-order valence-corrected chi connectivity index (χ4v) is 2.91. The molecule has 1 heterocycles. The number of benzene rings is 1. The van der Waals surface area contributed by atoms with Crippen molar-refractivity contribution in [3.8, 4) is 5.75 Å². The zero-order valence-electron chi connectivity index (χ0n) is 11.2. The van der Waals surface area contributed by atoms with Gasteiger partial charge in [-0.15, -0.1) is 0 Å². The minimum absolute atomic E-state index is 0.0212. The van der Waals surface area contributed by atoms with Crippen molar-refractivity contribution in [3.05, 3.63) is 30.1 Å². The molecule has 0 radical (unpaired) electrons. The Kier molecular flexibility index (Phi) is 6.14. The smallest absolute Gasteiger partial charge is 0.221 e. The van der Waals surface area contributed by atoms with Crippen LogP contribution in [0.2, 0.25) is 0 Å². The van der Waals surface area contributed by atoms with Gasteiger partial charge in [0.05, 0.1) is 6.54 Å². The Hall–Kier alpha value is -1.27.